The van der Waals surface area contributed by atoms with Gasteiger partial charge in [0.1, 0.15) is 10.9 Å². The zero-order chi connectivity index (χ0) is 17.1. The van der Waals surface area contributed by atoms with E-state index in [1.807, 2.05) is 12.1 Å². The van der Waals surface area contributed by atoms with Crippen LogP contribution in [-0.4, -0.2) is 16.7 Å². The van der Waals surface area contributed by atoms with Crippen molar-refractivity contribution in [3.8, 4) is 5.75 Å². The van der Waals surface area contributed by atoms with Crippen molar-refractivity contribution in [3.05, 3.63) is 70.9 Å². The number of nitrogens with zero attached hydrogens (tertiary/aromatic N) is 1. The second-order valence-electron chi connectivity index (χ2n) is 5.20. The Balaban J connectivity index is 1.89. The van der Waals surface area contributed by atoms with Crippen LogP contribution in [0.1, 0.15) is 34.1 Å². The molecule has 1 aromatic heterocycles. The van der Waals surface area contributed by atoms with E-state index in [2.05, 4.69) is 4.98 Å². The third-order valence-electron chi connectivity index (χ3n) is 3.61. The molecule has 0 aliphatic carbocycles. The molecule has 0 bridgehead atoms. The van der Waals surface area contributed by atoms with E-state index in [0.717, 1.165) is 0 Å². The number of carbonyl (C=O) groups excluding carboxylic acids is 2. The molecule has 0 unspecified atom stereocenters. The Hall–Kier alpha value is -2.72. The molecule has 0 spiro atoms. The highest BCUT2D eigenvalue weighted by atomic mass is 35.5. The Kier molecular flexibility index (Phi) is 4.58. The predicted molar refractivity (Wildman–Crippen MR) is 92.8 cm³/mol. The monoisotopic (exact) mass is 339 g/mol. The number of carbonyl (C=O) groups is 2. The first-order valence-corrected chi connectivity index (χ1v) is 7.87. The van der Waals surface area contributed by atoms with Gasteiger partial charge in [0, 0.05) is 17.4 Å². The minimum absolute atomic E-state index is 0.0415. The van der Waals surface area contributed by atoms with Crippen LogP contribution in [0.15, 0.2) is 54.6 Å². The second-order valence-corrected chi connectivity index (χ2v) is 5.59. The zero-order valence-corrected chi connectivity index (χ0v) is 13.7. The quantitative estimate of drug-likeness (QED) is 0.299. The number of hydrogen-bond donors (Lipinski definition) is 0. The smallest absolute Gasteiger partial charge is 0.344 e. The number of para-hydroxylation sites is 1. The molecule has 5 heteroatoms. The molecular formula is C19H14ClNO3. The van der Waals surface area contributed by atoms with Crippen molar-refractivity contribution < 1.29 is 14.3 Å². The number of hydrogen-bond acceptors (Lipinski definition) is 4. The number of esters is 1. The van der Waals surface area contributed by atoms with E-state index < -0.39 is 5.97 Å². The first-order chi connectivity index (χ1) is 11.6. The lowest BCUT2D eigenvalue weighted by Gasteiger charge is -2.08. The molecule has 0 radical (unpaired) electrons. The molecule has 2 aromatic carbocycles. The third kappa shape index (κ3) is 3.29. The van der Waals surface area contributed by atoms with E-state index in [4.69, 9.17) is 16.3 Å². The van der Waals surface area contributed by atoms with Crippen molar-refractivity contribution in [2.45, 2.75) is 13.3 Å². The summed E-state index contributed by atoms with van der Waals surface area (Å²) in [4.78, 5) is 28.3. The van der Waals surface area contributed by atoms with Crippen LogP contribution in [0, 0.1) is 0 Å². The van der Waals surface area contributed by atoms with Crippen LogP contribution in [-0.2, 0) is 0 Å². The lowest BCUT2D eigenvalue weighted by molar-refractivity contribution is 0.0736. The molecule has 1 heterocycles. The number of ketones is 1. The number of rotatable bonds is 4. The minimum Gasteiger partial charge on any atom is -0.423 e. The molecule has 120 valence electrons. The van der Waals surface area contributed by atoms with Crippen LogP contribution in [0.2, 0.25) is 5.15 Å². The average molecular weight is 340 g/mol. The maximum absolute atomic E-state index is 12.5. The fourth-order valence-corrected chi connectivity index (χ4v) is 2.59. The summed E-state index contributed by atoms with van der Waals surface area (Å²) in [6, 6.07) is 15.2. The van der Waals surface area contributed by atoms with E-state index >= 15 is 0 Å². The summed E-state index contributed by atoms with van der Waals surface area (Å²) < 4.78 is 5.40. The van der Waals surface area contributed by atoms with Crippen molar-refractivity contribution in [2.24, 2.45) is 0 Å². The largest absolute Gasteiger partial charge is 0.423 e. The summed E-state index contributed by atoms with van der Waals surface area (Å²) in [5, 5.41) is 0.897. The number of ether oxygens (including phenoxy) is 1. The van der Waals surface area contributed by atoms with Gasteiger partial charge < -0.3 is 4.74 Å². The van der Waals surface area contributed by atoms with Crippen molar-refractivity contribution >= 4 is 34.3 Å². The number of aromatic nitrogens is 1. The van der Waals surface area contributed by atoms with Crippen LogP contribution in [0.4, 0.5) is 0 Å². The van der Waals surface area contributed by atoms with Crippen molar-refractivity contribution in [2.75, 3.05) is 0 Å². The molecule has 3 rings (SSSR count). The number of pyridine rings is 1. The standard InChI is InChI=1S/C19H14ClNO3/c1-2-17(22)12-7-9-13(10-8-12)24-19(23)15-11-18(20)21-16-6-4-3-5-14(15)16/h3-11H,2H2,1H3. The van der Waals surface area contributed by atoms with E-state index in [0.29, 0.717) is 34.2 Å². The molecule has 3 aromatic rings. The Morgan fingerprint density at radius 2 is 1.79 bits per heavy atom. The maximum atomic E-state index is 12.5. The van der Waals surface area contributed by atoms with Crippen LogP contribution in [0.3, 0.4) is 0 Å². The van der Waals surface area contributed by atoms with Gasteiger partial charge in [-0.15, -0.1) is 0 Å². The number of fused-ring (bicyclic) bond motifs is 1. The molecule has 24 heavy (non-hydrogen) atoms. The molecular weight excluding hydrogens is 326 g/mol. The highest BCUT2D eigenvalue weighted by molar-refractivity contribution is 6.30. The summed E-state index contributed by atoms with van der Waals surface area (Å²) in [6.07, 6.45) is 0.431. The molecule has 0 amide bonds. The van der Waals surface area contributed by atoms with Gasteiger partial charge in [0.15, 0.2) is 5.78 Å². The first kappa shape index (κ1) is 16.1. The van der Waals surface area contributed by atoms with Gasteiger partial charge in [0.25, 0.3) is 0 Å². The summed E-state index contributed by atoms with van der Waals surface area (Å²) in [5.41, 5.74) is 1.56. The van der Waals surface area contributed by atoms with E-state index in [-0.39, 0.29) is 10.9 Å². The van der Waals surface area contributed by atoms with Gasteiger partial charge in [0.05, 0.1) is 11.1 Å². The second kappa shape index (κ2) is 6.81. The van der Waals surface area contributed by atoms with Crippen LogP contribution in [0.5, 0.6) is 5.75 Å². The molecule has 0 N–H and O–H groups in total. The van der Waals surface area contributed by atoms with Crippen LogP contribution in [0.25, 0.3) is 10.9 Å². The molecule has 0 aliphatic heterocycles. The van der Waals surface area contributed by atoms with E-state index in [9.17, 15) is 9.59 Å². The maximum Gasteiger partial charge on any atom is 0.344 e. The lowest BCUT2D eigenvalue weighted by Crippen LogP contribution is -2.10. The van der Waals surface area contributed by atoms with Gasteiger partial charge >= 0.3 is 5.97 Å². The summed E-state index contributed by atoms with van der Waals surface area (Å²) in [5.74, 6) is -0.116. The fourth-order valence-electron chi connectivity index (χ4n) is 2.39. The SMILES string of the molecule is CCC(=O)c1ccc(OC(=O)c2cc(Cl)nc3ccccc23)cc1. The van der Waals surface area contributed by atoms with Crippen LogP contribution >= 0.6 is 11.6 Å². The number of Topliss-reactive ketones (excluding diaryl/α,β-unsaturated/α-hetero) is 1. The minimum atomic E-state index is -0.523. The van der Waals surface area contributed by atoms with E-state index in [1.54, 1.807) is 43.3 Å². The van der Waals surface area contributed by atoms with Crippen LogP contribution < -0.4 is 4.74 Å². The summed E-state index contributed by atoms with van der Waals surface area (Å²) in [6.45, 7) is 1.80. The van der Waals surface area contributed by atoms with Gasteiger partial charge in [-0.2, -0.15) is 0 Å². The summed E-state index contributed by atoms with van der Waals surface area (Å²) in [7, 11) is 0. The Bertz CT molecular complexity index is 920. The Morgan fingerprint density at radius 3 is 2.50 bits per heavy atom. The van der Waals surface area contributed by atoms with Gasteiger partial charge in [-0.1, -0.05) is 36.7 Å². The van der Waals surface area contributed by atoms with Crippen molar-refractivity contribution in [3.63, 3.8) is 0 Å². The number of benzene rings is 2. The number of halogens is 1. The third-order valence-corrected chi connectivity index (χ3v) is 3.81. The Morgan fingerprint density at radius 1 is 1.08 bits per heavy atom. The van der Waals surface area contributed by atoms with Crippen molar-refractivity contribution in [1.29, 1.82) is 0 Å². The first-order valence-electron chi connectivity index (χ1n) is 7.49. The average Bonchev–Trinajstić information content (AvgIpc) is 2.60. The summed E-state index contributed by atoms with van der Waals surface area (Å²) >= 11 is 5.99. The normalized spacial score (nSPS) is 10.6. The zero-order valence-electron chi connectivity index (χ0n) is 13.0. The van der Waals surface area contributed by atoms with E-state index in [1.165, 1.54) is 6.07 Å². The van der Waals surface area contributed by atoms with Gasteiger partial charge in [-0.25, -0.2) is 9.78 Å². The Labute approximate surface area is 144 Å². The van der Waals surface area contributed by atoms with Gasteiger partial charge in [0.2, 0.25) is 0 Å². The topological polar surface area (TPSA) is 56.3 Å². The van der Waals surface area contributed by atoms with Crippen molar-refractivity contribution in [1.82, 2.24) is 4.98 Å². The predicted octanol–water partition coefficient (Wildman–Crippen LogP) is 4.70. The molecule has 0 aliphatic rings. The molecule has 0 atom stereocenters. The molecule has 0 fully saturated rings. The molecule has 0 saturated carbocycles. The van der Waals surface area contributed by atoms with Gasteiger partial charge in [-0.05, 0) is 36.4 Å². The molecule has 4 nitrogen and oxygen atoms in total. The highest BCUT2D eigenvalue weighted by Crippen LogP contribution is 2.23. The lowest BCUT2D eigenvalue weighted by atomic mass is 10.1. The highest BCUT2D eigenvalue weighted by Gasteiger charge is 2.15. The molecule has 0 saturated heterocycles. The van der Waals surface area contributed by atoms with Gasteiger partial charge in [-0.3, -0.25) is 4.79 Å². The fraction of sp³-hybridized carbons (Fsp3) is 0.105.